The van der Waals surface area contributed by atoms with Gasteiger partial charge in [-0.25, -0.2) is 4.79 Å². The van der Waals surface area contributed by atoms with E-state index in [9.17, 15) is 4.79 Å². The van der Waals surface area contributed by atoms with Crippen LogP contribution in [0.4, 0.5) is 4.79 Å². The average molecular weight is 240 g/mol. The molecule has 2 aliphatic rings. The van der Waals surface area contributed by atoms with Crippen LogP contribution in [-0.4, -0.2) is 54.2 Å². The fourth-order valence-electron chi connectivity index (χ4n) is 2.40. The van der Waals surface area contributed by atoms with Gasteiger partial charge in [-0.3, -0.25) is 0 Å². The smallest absolute Gasteiger partial charge is 0.410 e. The number of hydrogen-bond acceptors (Lipinski definition) is 3. The van der Waals surface area contributed by atoms with Gasteiger partial charge in [0.1, 0.15) is 5.60 Å². The number of hydrogen-bond donors (Lipinski definition) is 0. The van der Waals surface area contributed by atoms with E-state index in [0.29, 0.717) is 5.92 Å². The third-order valence-electron chi connectivity index (χ3n) is 3.40. The van der Waals surface area contributed by atoms with Crippen LogP contribution < -0.4 is 0 Å². The maximum absolute atomic E-state index is 11.9. The highest BCUT2D eigenvalue weighted by Gasteiger charge is 2.31. The summed E-state index contributed by atoms with van der Waals surface area (Å²) in [5.41, 5.74) is -0.382. The summed E-state index contributed by atoms with van der Waals surface area (Å²) >= 11 is 0. The van der Waals surface area contributed by atoms with E-state index < -0.39 is 0 Å². The van der Waals surface area contributed by atoms with Crippen molar-refractivity contribution in [3.05, 3.63) is 0 Å². The largest absolute Gasteiger partial charge is 0.444 e. The molecule has 98 valence electrons. The topological polar surface area (TPSA) is 32.8 Å². The molecule has 0 N–H and O–H groups in total. The fourth-order valence-corrected chi connectivity index (χ4v) is 2.40. The van der Waals surface area contributed by atoms with Crippen LogP contribution in [0.3, 0.4) is 0 Å². The first-order chi connectivity index (χ1) is 7.94. The average Bonchev–Trinajstić information content (AvgIpc) is 2.56. The van der Waals surface area contributed by atoms with Crippen molar-refractivity contribution < 1.29 is 9.53 Å². The van der Waals surface area contributed by atoms with Crippen LogP contribution in [0.15, 0.2) is 0 Å². The molecule has 0 aromatic rings. The maximum atomic E-state index is 11.9. The van der Waals surface area contributed by atoms with Crippen molar-refractivity contribution >= 4 is 6.09 Å². The Labute approximate surface area is 104 Å². The number of carbonyl (C=O) groups excluding carboxylic acids is 1. The summed E-state index contributed by atoms with van der Waals surface area (Å²) in [7, 11) is 0. The Hall–Kier alpha value is -0.770. The Morgan fingerprint density at radius 2 is 2.00 bits per heavy atom. The predicted octanol–water partition coefficient (Wildman–Crippen LogP) is 1.95. The SMILES string of the molecule is CC(C)(C)OC(=O)N1CCC(CN2CCC2)C1. The standard InChI is InChI=1S/C13H24N2O2/c1-13(2,3)17-12(16)15-8-5-11(10-15)9-14-6-4-7-14/h11H,4-10H2,1-3H3. The zero-order chi connectivity index (χ0) is 12.5. The van der Waals surface area contributed by atoms with Crippen LogP contribution in [0.1, 0.15) is 33.6 Å². The molecular weight excluding hydrogens is 216 g/mol. The summed E-state index contributed by atoms with van der Waals surface area (Å²) < 4.78 is 5.39. The molecule has 1 unspecified atom stereocenters. The monoisotopic (exact) mass is 240 g/mol. The molecule has 0 spiro atoms. The molecule has 0 radical (unpaired) electrons. The van der Waals surface area contributed by atoms with Crippen molar-refractivity contribution in [1.82, 2.24) is 9.80 Å². The summed E-state index contributed by atoms with van der Waals surface area (Å²) in [5, 5.41) is 0. The van der Waals surface area contributed by atoms with E-state index in [1.54, 1.807) is 0 Å². The van der Waals surface area contributed by atoms with Gasteiger partial charge in [0, 0.05) is 19.6 Å². The second kappa shape index (κ2) is 4.84. The number of amides is 1. The van der Waals surface area contributed by atoms with E-state index in [1.165, 1.54) is 19.5 Å². The lowest BCUT2D eigenvalue weighted by Gasteiger charge is -2.33. The zero-order valence-corrected chi connectivity index (χ0v) is 11.2. The van der Waals surface area contributed by atoms with Gasteiger partial charge in [0.2, 0.25) is 0 Å². The van der Waals surface area contributed by atoms with Gasteiger partial charge in [-0.2, -0.15) is 0 Å². The highest BCUT2D eigenvalue weighted by atomic mass is 16.6. The second-order valence-electron chi connectivity index (χ2n) is 6.24. The van der Waals surface area contributed by atoms with Gasteiger partial charge in [-0.1, -0.05) is 0 Å². The first-order valence-corrected chi connectivity index (χ1v) is 6.64. The first kappa shape index (κ1) is 12.7. The number of ether oxygens (including phenoxy) is 1. The Morgan fingerprint density at radius 1 is 1.29 bits per heavy atom. The number of rotatable bonds is 2. The summed E-state index contributed by atoms with van der Waals surface area (Å²) in [6, 6.07) is 0. The predicted molar refractivity (Wildman–Crippen MR) is 67.0 cm³/mol. The molecule has 2 fully saturated rings. The van der Waals surface area contributed by atoms with E-state index in [-0.39, 0.29) is 11.7 Å². The van der Waals surface area contributed by atoms with Gasteiger partial charge in [0.25, 0.3) is 0 Å². The minimum atomic E-state index is -0.382. The molecule has 0 bridgehead atoms. The van der Waals surface area contributed by atoms with E-state index in [4.69, 9.17) is 4.74 Å². The van der Waals surface area contributed by atoms with Crippen LogP contribution in [0.5, 0.6) is 0 Å². The molecule has 0 aliphatic carbocycles. The van der Waals surface area contributed by atoms with Crippen LogP contribution in [0, 0.1) is 5.92 Å². The number of likely N-dealkylation sites (tertiary alicyclic amines) is 2. The molecule has 2 aliphatic heterocycles. The third-order valence-corrected chi connectivity index (χ3v) is 3.40. The van der Waals surface area contributed by atoms with Crippen molar-refractivity contribution in [2.75, 3.05) is 32.7 Å². The van der Waals surface area contributed by atoms with Gasteiger partial charge in [-0.05, 0) is 52.6 Å². The molecule has 2 heterocycles. The van der Waals surface area contributed by atoms with Crippen LogP contribution in [-0.2, 0) is 4.74 Å². The summed E-state index contributed by atoms with van der Waals surface area (Å²) in [4.78, 5) is 16.2. The first-order valence-electron chi connectivity index (χ1n) is 6.64. The van der Waals surface area contributed by atoms with Gasteiger partial charge >= 0.3 is 6.09 Å². The van der Waals surface area contributed by atoms with E-state index in [2.05, 4.69) is 4.90 Å². The lowest BCUT2D eigenvalue weighted by atomic mass is 10.1. The molecule has 2 rings (SSSR count). The third kappa shape index (κ3) is 3.60. The van der Waals surface area contributed by atoms with E-state index >= 15 is 0 Å². The number of carbonyl (C=O) groups is 1. The van der Waals surface area contributed by atoms with Gasteiger partial charge in [0.15, 0.2) is 0 Å². The maximum Gasteiger partial charge on any atom is 0.410 e. The molecule has 0 saturated carbocycles. The van der Waals surface area contributed by atoms with Crippen molar-refractivity contribution in [3.63, 3.8) is 0 Å². The van der Waals surface area contributed by atoms with E-state index in [0.717, 1.165) is 26.1 Å². The Balaban J connectivity index is 1.74. The quantitative estimate of drug-likeness (QED) is 0.739. The molecule has 0 aromatic carbocycles. The van der Waals surface area contributed by atoms with Crippen LogP contribution in [0.2, 0.25) is 0 Å². The molecule has 1 amide bonds. The molecule has 0 aromatic heterocycles. The van der Waals surface area contributed by atoms with Crippen LogP contribution >= 0.6 is 0 Å². The highest BCUT2D eigenvalue weighted by molar-refractivity contribution is 5.68. The van der Waals surface area contributed by atoms with Crippen LogP contribution in [0.25, 0.3) is 0 Å². The van der Waals surface area contributed by atoms with Gasteiger partial charge in [-0.15, -0.1) is 0 Å². The zero-order valence-electron chi connectivity index (χ0n) is 11.2. The summed E-state index contributed by atoms with van der Waals surface area (Å²) in [6.45, 7) is 11.1. The summed E-state index contributed by atoms with van der Waals surface area (Å²) in [5.74, 6) is 0.641. The normalized spacial score (nSPS) is 25.8. The van der Waals surface area contributed by atoms with Crippen molar-refractivity contribution in [2.24, 2.45) is 5.92 Å². The molecule has 2 saturated heterocycles. The van der Waals surface area contributed by atoms with Gasteiger partial charge in [0.05, 0.1) is 0 Å². The Kier molecular flexibility index (Phi) is 3.61. The lowest BCUT2D eigenvalue weighted by molar-refractivity contribution is 0.0282. The molecular formula is C13H24N2O2. The fraction of sp³-hybridized carbons (Fsp3) is 0.923. The minimum absolute atomic E-state index is 0.149. The summed E-state index contributed by atoms with van der Waals surface area (Å²) in [6.07, 6.45) is 2.31. The van der Waals surface area contributed by atoms with Crippen molar-refractivity contribution in [1.29, 1.82) is 0 Å². The van der Waals surface area contributed by atoms with Crippen molar-refractivity contribution in [2.45, 2.75) is 39.2 Å². The molecule has 4 nitrogen and oxygen atoms in total. The Morgan fingerprint density at radius 3 is 2.53 bits per heavy atom. The van der Waals surface area contributed by atoms with Gasteiger partial charge < -0.3 is 14.5 Å². The second-order valence-corrected chi connectivity index (χ2v) is 6.24. The minimum Gasteiger partial charge on any atom is -0.444 e. The molecule has 1 atom stereocenters. The molecule has 17 heavy (non-hydrogen) atoms. The highest BCUT2D eigenvalue weighted by Crippen LogP contribution is 2.21. The Bertz CT molecular complexity index is 282. The molecule has 4 heteroatoms. The van der Waals surface area contributed by atoms with E-state index in [1.807, 2.05) is 25.7 Å². The number of nitrogens with zero attached hydrogens (tertiary/aromatic N) is 2. The van der Waals surface area contributed by atoms with Crippen molar-refractivity contribution in [3.8, 4) is 0 Å². The lowest BCUT2D eigenvalue weighted by Crippen LogP contribution is -2.41.